The number of aromatic nitrogens is 1. The van der Waals surface area contributed by atoms with E-state index in [9.17, 15) is 4.79 Å². The predicted molar refractivity (Wildman–Crippen MR) is 28.4 cm³/mol. The molecule has 0 fully saturated rings. The van der Waals surface area contributed by atoms with Crippen LogP contribution in [0.25, 0.3) is 0 Å². The van der Waals surface area contributed by atoms with E-state index in [1.807, 2.05) is 0 Å². The normalized spacial score (nSPS) is 8.57. The predicted octanol–water partition coefficient (Wildman–Crippen LogP) is 0.503. The van der Waals surface area contributed by atoms with Gasteiger partial charge in [-0.2, -0.15) is 0 Å². The molecular weight excluding hydrogens is 110 g/mol. The molecule has 3 heteroatoms. The molecule has 0 spiro atoms. The number of hydrogen-bond donors (Lipinski definition) is 0. The lowest BCUT2D eigenvalue weighted by Gasteiger charge is -1.69. The molecule has 0 atom stereocenters. The van der Waals surface area contributed by atoms with E-state index in [0.29, 0.717) is 0 Å². The van der Waals surface area contributed by atoms with E-state index in [1.165, 1.54) is 22.9 Å². The zero-order chi connectivity index (χ0) is 5.11. The molecule has 2 nitrogen and oxygen atoms in total. The molecule has 0 unspecified atom stereocenters. The molecule has 0 aliphatic heterocycles. The zero-order valence-electron chi connectivity index (χ0n) is 3.50. The maximum atomic E-state index is 10.2. The van der Waals surface area contributed by atoms with Gasteiger partial charge in [-0.3, -0.25) is 4.79 Å². The van der Waals surface area contributed by atoms with Gasteiger partial charge in [-0.15, -0.1) is 11.3 Å². The van der Waals surface area contributed by atoms with Crippen LogP contribution in [-0.4, -0.2) is 4.98 Å². The lowest BCUT2D eigenvalue weighted by molar-refractivity contribution is 1.29. The third kappa shape index (κ3) is 1.08. The molecule has 0 bridgehead atoms. The van der Waals surface area contributed by atoms with Gasteiger partial charge in [0.1, 0.15) is 0 Å². The molecule has 7 heavy (non-hydrogen) atoms. The van der Waals surface area contributed by atoms with Crippen LogP contribution in [0.15, 0.2) is 21.8 Å². The Balaban J connectivity index is 3.28. The molecule has 36 valence electrons. The highest BCUT2D eigenvalue weighted by atomic mass is 32.1. The van der Waals surface area contributed by atoms with Gasteiger partial charge in [0.25, 0.3) is 5.56 Å². The maximum Gasteiger partial charge on any atom is 0.271 e. The van der Waals surface area contributed by atoms with E-state index < -0.39 is 0 Å². The Morgan fingerprint density at radius 1 is 1.71 bits per heavy atom. The van der Waals surface area contributed by atoms with Crippen LogP contribution in [-0.2, 0) is 0 Å². The van der Waals surface area contributed by atoms with Crippen molar-refractivity contribution in [2.75, 3.05) is 0 Å². The van der Waals surface area contributed by atoms with E-state index in [4.69, 9.17) is 0 Å². The van der Waals surface area contributed by atoms with Crippen molar-refractivity contribution in [2.45, 2.75) is 0 Å². The minimum absolute atomic E-state index is 0.168. The largest absolute Gasteiger partial charge is 0.271 e. The van der Waals surface area contributed by atoms with E-state index in [0.717, 1.165) is 0 Å². The summed E-state index contributed by atoms with van der Waals surface area (Å²) in [4.78, 5) is 13.6. The first-order valence-electron chi connectivity index (χ1n) is 1.78. The van der Waals surface area contributed by atoms with Crippen LogP contribution in [0.1, 0.15) is 0 Å². The Kier molecular flexibility index (Phi) is 1.17. The first-order chi connectivity index (χ1) is 3.39. The second-order valence-corrected chi connectivity index (χ2v) is 1.77. The monoisotopic (exact) mass is 113 g/mol. The molecular formula is C4H3NOS. The summed E-state index contributed by atoms with van der Waals surface area (Å²) in [5.74, 6) is 0. The number of nitrogens with zero attached hydrogens (tertiary/aromatic N) is 1. The summed E-state index contributed by atoms with van der Waals surface area (Å²) >= 11 is 1.41. The minimum atomic E-state index is -0.168. The number of hydrogen-bond acceptors (Lipinski definition) is 3. The fraction of sp³-hybridized carbons (Fsp3) is 0. The van der Waals surface area contributed by atoms with Crippen molar-refractivity contribution >= 4 is 11.3 Å². The molecule has 0 aromatic carbocycles. The number of rotatable bonds is 0. The van der Waals surface area contributed by atoms with E-state index in [2.05, 4.69) is 4.98 Å². The molecule has 0 saturated carbocycles. The molecule has 1 aromatic rings. The quantitative estimate of drug-likeness (QED) is 0.490. The van der Waals surface area contributed by atoms with E-state index in [1.54, 1.807) is 5.38 Å². The van der Waals surface area contributed by atoms with Crippen LogP contribution >= 0.6 is 11.3 Å². The van der Waals surface area contributed by atoms with Gasteiger partial charge < -0.3 is 0 Å². The summed E-state index contributed by atoms with van der Waals surface area (Å²) in [6, 6.07) is 1.44. The molecule has 1 rings (SSSR count). The highest BCUT2D eigenvalue weighted by Gasteiger charge is 1.72. The Morgan fingerprint density at radius 2 is 2.57 bits per heavy atom. The Bertz CT molecular complexity index is 177. The van der Waals surface area contributed by atoms with Gasteiger partial charge in [-0.05, 0) is 5.38 Å². The smallest absolute Gasteiger partial charge is 0.267 e. The third-order valence-electron chi connectivity index (χ3n) is 0.530. The van der Waals surface area contributed by atoms with Crippen LogP contribution in [0.5, 0.6) is 0 Å². The molecule has 0 N–H and O–H groups in total. The highest BCUT2D eigenvalue weighted by Crippen LogP contribution is 1.81. The van der Waals surface area contributed by atoms with Gasteiger partial charge >= 0.3 is 0 Å². The first-order valence-corrected chi connectivity index (χ1v) is 2.72. The minimum Gasteiger partial charge on any atom is -0.267 e. The van der Waals surface area contributed by atoms with Gasteiger partial charge in [0.05, 0.1) is 5.51 Å². The Hall–Kier alpha value is -0.700. The van der Waals surface area contributed by atoms with Crippen LogP contribution in [0.3, 0.4) is 0 Å². The zero-order valence-corrected chi connectivity index (χ0v) is 4.31. The van der Waals surface area contributed by atoms with Gasteiger partial charge in [0, 0.05) is 6.07 Å². The van der Waals surface area contributed by atoms with Crippen LogP contribution in [0.4, 0.5) is 0 Å². The summed E-state index contributed by atoms with van der Waals surface area (Å²) in [6.07, 6.45) is 0. The van der Waals surface area contributed by atoms with E-state index >= 15 is 0 Å². The first kappa shape index (κ1) is 4.46. The fourth-order valence-electron chi connectivity index (χ4n) is 0.258. The van der Waals surface area contributed by atoms with Crippen molar-refractivity contribution in [1.29, 1.82) is 0 Å². The van der Waals surface area contributed by atoms with Gasteiger partial charge in [-0.25, -0.2) is 4.98 Å². The fourth-order valence-corrected chi connectivity index (χ4v) is 0.688. The summed E-state index contributed by atoms with van der Waals surface area (Å²) < 4.78 is 0. The van der Waals surface area contributed by atoms with Crippen molar-refractivity contribution in [3.05, 3.63) is 27.3 Å². The molecule has 0 saturated heterocycles. The second-order valence-electron chi connectivity index (χ2n) is 1.01. The molecule has 0 aliphatic rings. The van der Waals surface area contributed by atoms with Crippen molar-refractivity contribution in [3.8, 4) is 0 Å². The van der Waals surface area contributed by atoms with Gasteiger partial charge in [0.15, 0.2) is 0 Å². The standard InChI is InChI=1S/C4H3NOS/c6-4-1-2-7-3-5-4/h1-3H. The molecule has 1 heterocycles. The molecule has 0 aliphatic carbocycles. The van der Waals surface area contributed by atoms with Crippen molar-refractivity contribution in [1.82, 2.24) is 4.98 Å². The average molecular weight is 113 g/mol. The Labute approximate surface area is 44.5 Å². The van der Waals surface area contributed by atoms with Crippen LogP contribution in [0, 0.1) is 0 Å². The summed E-state index contributed by atoms with van der Waals surface area (Å²) in [6.45, 7) is 0. The second kappa shape index (κ2) is 1.84. The molecule has 0 radical (unpaired) electrons. The SMILES string of the molecule is O=c1ccscn1. The van der Waals surface area contributed by atoms with E-state index in [-0.39, 0.29) is 5.56 Å². The lowest BCUT2D eigenvalue weighted by Crippen LogP contribution is -1.97. The van der Waals surface area contributed by atoms with Crippen LogP contribution < -0.4 is 5.56 Å². The Morgan fingerprint density at radius 3 is 2.86 bits per heavy atom. The molecule has 1 aromatic heterocycles. The summed E-state index contributed by atoms with van der Waals surface area (Å²) in [5.41, 5.74) is 1.35. The topological polar surface area (TPSA) is 30.0 Å². The van der Waals surface area contributed by atoms with Crippen molar-refractivity contribution in [2.24, 2.45) is 0 Å². The third-order valence-corrected chi connectivity index (χ3v) is 1.05. The van der Waals surface area contributed by atoms with Crippen molar-refractivity contribution in [3.63, 3.8) is 0 Å². The van der Waals surface area contributed by atoms with Crippen LogP contribution in [0.2, 0.25) is 0 Å². The summed E-state index contributed by atoms with van der Waals surface area (Å²) in [7, 11) is 0. The van der Waals surface area contributed by atoms with Crippen molar-refractivity contribution < 1.29 is 0 Å². The lowest BCUT2D eigenvalue weighted by atomic mass is 10.7. The van der Waals surface area contributed by atoms with Gasteiger partial charge in [-0.1, -0.05) is 0 Å². The highest BCUT2D eigenvalue weighted by molar-refractivity contribution is 7.07. The summed E-state index contributed by atoms with van der Waals surface area (Å²) in [5, 5.41) is 1.70. The average Bonchev–Trinajstić information content (AvgIpc) is 1.69. The van der Waals surface area contributed by atoms with Gasteiger partial charge in [0.2, 0.25) is 0 Å². The maximum absolute atomic E-state index is 10.2. The molecule has 0 amide bonds.